The Bertz CT molecular complexity index is 991. The Kier molecular flexibility index (Phi) is 6.05. The van der Waals surface area contributed by atoms with Gasteiger partial charge >= 0.3 is 6.03 Å². The summed E-state index contributed by atoms with van der Waals surface area (Å²) in [7, 11) is -3.21. The maximum atomic E-state index is 12.3. The fraction of sp³-hybridized carbons (Fsp3) is 0.400. The first-order chi connectivity index (χ1) is 14.5. The summed E-state index contributed by atoms with van der Waals surface area (Å²) < 4.78 is 30.8. The Morgan fingerprint density at radius 2 is 1.87 bits per heavy atom. The van der Waals surface area contributed by atoms with Crippen molar-refractivity contribution in [2.45, 2.75) is 13.0 Å². The fourth-order valence-corrected chi connectivity index (χ4v) is 5.18. The molecule has 2 amide bonds. The van der Waals surface area contributed by atoms with Crippen LogP contribution in [0.5, 0.6) is 0 Å². The molecule has 2 aliphatic heterocycles. The van der Waals surface area contributed by atoms with E-state index in [4.69, 9.17) is 4.74 Å². The molecular formula is C20H25N5O4S. The third-order valence-corrected chi connectivity index (χ3v) is 7.00. The summed E-state index contributed by atoms with van der Waals surface area (Å²) in [6, 6.07) is 10.3. The van der Waals surface area contributed by atoms with Crippen molar-refractivity contribution in [2.75, 3.05) is 53.1 Å². The van der Waals surface area contributed by atoms with Gasteiger partial charge in [-0.15, -0.1) is 0 Å². The van der Waals surface area contributed by atoms with E-state index in [0.717, 1.165) is 24.5 Å². The number of benzene rings is 1. The SMILES string of the molecule is O=C(NCc1cccnc1N1CCOCC1)Nc1ccc(N2CCCS2(=O)=O)cc1. The van der Waals surface area contributed by atoms with Crippen LogP contribution in [0.15, 0.2) is 42.6 Å². The van der Waals surface area contributed by atoms with Gasteiger partial charge in [0.1, 0.15) is 5.82 Å². The minimum absolute atomic E-state index is 0.177. The number of sulfonamides is 1. The lowest BCUT2D eigenvalue weighted by Gasteiger charge is -2.29. The van der Waals surface area contributed by atoms with E-state index in [0.29, 0.717) is 44.1 Å². The second-order valence-corrected chi connectivity index (χ2v) is 9.19. The lowest BCUT2D eigenvalue weighted by molar-refractivity contribution is 0.122. The zero-order valence-electron chi connectivity index (χ0n) is 16.6. The number of anilines is 3. The van der Waals surface area contributed by atoms with E-state index >= 15 is 0 Å². The van der Waals surface area contributed by atoms with Gasteiger partial charge in [0.2, 0.25) is 10.0 Å². The summed E-state index contributed by atoms with van der Waals surface area (Å²) in [5, 5.41) is 5.63. The van der Waals surface area contributed by atoms with E-state index < -0.39 is 10.0 Å². The number of urea groups is 1. The maximum absolute atomic E-state index is 12.3. The van der Waals surface area contributed by atoms with Gasteiger partial charge in [0.05, 0.1) is 24.7 Å². The smallest absolute Gasteiger partial charge is 0.319 e. The minimum atomic E-state index is -3.21. The van der Waals surface area contributed by atoms with Gasteiger partial charge in [-0.1, -0.05) is 6.07 Å². The number of carbonyl (C=O) groups is 1. The molecular weight excluding hydrogens is 406 g/mol. The van der Waals surface area contributed by atoms with Crippen LogP contribution in [0.25, 0.3) is 0 Å². The molecule has 2 aliphatic rings. The molecule has 2 saturated heterocycles. The molecule has 2 N–H and O–H groups in total. The second kappa shape index (κ2) is 8.88. The summed E-state index contributed by atoms with van der Waals surface area (Å²) in [6.45, 7) is 3.71. The Morgan fingerprint density at radius 3 is 2.57 bits per heavy atom. The molecule has 2 aromatic rings. The molecule has 10 heteroatoms. The third kappa shape index (κ3) is 4.65. The van der Waals surface area contributed by atoms with Crippen LogP contribution in [0.2, 0.25) is 0 Å². The number of amides is 2. The van der Waals surface area contributed by atoms with E-state index in [2.05, 4.69) is 20.5 Å². The highest BCUT2D eigenvalue weighted by atomic mass is 32.2. The Labute approximate surface area is 176 Å². The Balaban J connectivity index is 1.34. The minimum Gasteiger partial charge on any atom is -0.378 e. The maximum Gasteiger partial charge on any atom is 0.319 e. The summed E-state index contributed by atoms with van der Waals surface area (Å²) in [5.41, 5.74) is 2.14. The molecule has 30 heavy (non-hydrogen) atoms. The quantitative estimate of drug-likeness (QED) is 0.748. The van der Waals surface area contributed by atoms with Crippen LogP contribution in [-0.4, -0.2) is 58.0 Å². The topological polar surface area (TPSA) is 104 Å². The molecule has 160 valence electrons. The van der Waals surface area contributed by atoms with Gasteiger partial charge in [0.15, 0.2) is 0 Å². The molecule has 9 nitrogen and oxygen atoms in total. The number of morpholine rings is 1. The average molecular weight is 432 g/mol. The largest absolute Gasteiger partial charge is 0.378 e. The van der Waals surface area contributed by atoms with Crippen molar-refractivity contribution in [2.24, 2.45) is 0 Å². The molecule has 0 saturated carbocycles. The average Bonchev–Trinajstić information content (AvgIpc) is 3.12. The molecule has 0 radical (unpaired) electrons. The van der Waals surface area contributed by atoms with Gasteiger partial charge in [0, 0.05) is 43.6 Å². The molecule has 4 rings (SSSR count). The zero-order valence-corrected chi connectivity index (χ0v) is 17.4. The standard InChI is InChI=1S/C20H25N5O4S/c26-20(22-15-16-3-1-8-21-19(16)24-10-12-29-13-11-24)23-17-4-6-18(7-5-17)25-9-2-14-30(25,27)28/h1,3-8H,2,9-15H2,(H2,22,23,26). The summed E-state index contributed by atoms with van der Waals surface area (Å²) in [4.78, 5) is 19.0. The lowest BCUT2D eigenvalue weighted by atomic mass is 10.2. The summed E-state index contributed by atoms with van der Waals surface area (Å²) in [6.07, 6.45) is 2.38. The van der Waals surface area contributed by atoms with Crippen molar-refractivity contribution in [1.29, 1.82) is 0 Å². The van der Waals surface area contributed by atoms with Crippen LogP contribution in [-0.2, 0) is 21.3 Å². The summed E-state index contributed by atoms with van der Waals surface area (Å²) >= 11 is 0. The van der Waals surface area contributed by atoms with Crippen LogP contribution in [0.3, 0.4) is 0 Å². The second-order valence-electron chi connectivity index (χ2n) is 7.18. The highest BCUT2D eigenvalue weighted by Crippen LogP contribution is 2.25. The van der Waals surface area contributed by atoms with E-state index in [1.54, 1.807) is 30.5 Å². The van der Waals surface area contributed by atoms with Crippen molar-refractivity contribution in [3.63, 3.8) is 0 Å². The predicted octanol–water partition coefficient (Wildman–Crippen LogP) is 1.78. The molecule has 0 spiro atoms. The highest BCUT2D eigenvalue weighted by molar-refractivity contribution is 7.93. The van der Waals surface area contributed by atoms with E-state index in [-0.39, 0.29) is 11.8 Å². The molecule has 1 aromatic heterocycles. The van der Waals surface area contributed by atoms with Crippen molar-refractivity contribution >= 4 is 33.2 Å². The van der Waals surface area contributed by atoms with Crippen molar-refractivity contribution < 1.29 is 17.9 Å². The fourth-order valence-electron chi connectivity index (χ4n) is 3.62. The Morgan fingerprint density at radius 1 is 1.10 bits per heavy atom. The normalized spacial score (nSPS) is 18.3. The van der Waals surface area contributed by atoms with Gasteiger partial charge < -0.3 is 20.3 Å². The number of aromatic nitrogens is 1. The number of hydrogen-bond donors (Lipinski definition) is 2. The molecule has 0 bridgehead atoms. The van der Waals surface area contributed by atoms with Gasteiger partial charge in [-0.05, 0) is 36.8 Å². The van der Waals surface area contributed by atoms with E-state index in [9.17, 15) is 13.2 Å². The number of nitrogens with zero attached hydrogens (tertiary/aromatic N) is 3. The van der Waals surface area contributed by atoms with E-state index in [1.807, 2.05) is 12.1 Å². The zero-order chi connectivity index (χ0) is 21.0. The third-order valence-electron chi connectivity index (χ3n) is 5.13. The van der Waals surface area contributed by atoms with Crippen LogP contribution in [0.1, 0.15) is 12.0 Å². The monoisotopic (exact) mass is 431 g/mol. The van der Waals surface area contributed by atoms with Crippen LogP contribution >= 0.6 is 0 Å². The molecule has 2 fully saturated rings. The van der Waals surface area contributed by atoms with Crippen molar-refractivity contribution in [1.82, 2.24) is 10.3 Å². The molecule has 1 aromatic carbocycles. The number of nitrogens with one attached hydrogen (secondary N) is 2. The first kappa shape index (κ1) is 20.4. The van der Waals surface area contributed by atoms with Gasteiger partial charge in [0.25, 0.3) is 0 Å². The highest BCUT2D eigenvalue weighted by Gasteiger charge is 2.28. The molecule has 0 atom stereocenters. The lowest BCUT2D eigenvalue weighted by Crippen LogP contribution is -2.38. The summed E-state index contributed by atoms with van der Waals surface area (Å²) in [5.74, 6) is 1.04. The first-order valence-electron chi connectivity index (χ1n) is 9.95. The first-order valence-corrected chi connectivity index (χ1v) is 11.6. The number of carbonyl (C=O) groups excluding carboxylic acids is 1. The van der Waals surface area contributed by atoms with Gasteiger partial charge in [-0.2, -0.15) is 0 Å². The number of hydrogen-bond acceptors (Lipinski definition) is 6. The number of ether oxygens (including phenoxy) is 1. The molecule has 0 aliphatic carbocycles. The van der Waals surface area contributed by atoms with Crippen molar-refractivity contribution in [3.05, 3.63) is 48.2 Å². The van der Waals surface area contributed by atoms with Crippen molar-refractivity contribution in [3.8, 4) is 0 Å². The van der Waals surface area contributed by atoms with Gasteiger partial charge in [-0.25, -0.2) is 18.2 Å². The molecule has 0 unspecified atom stereocenters. The predicted molar refractivity (Wildman–Crippen MR) is 115 cm³/mol. The Hall–Kier alpha value is -2.85. The molecule has 3 heterocycles. The van der Waals surface area contributed by atoms with Gasteiger partial charge in [-0.3, -0.25) is 4.31 Å². The van der Waals surface area contributed by atoms with Crippen LogP contribution in [0.4, 0.5) is 22.0 Å². The number of pyridine rings is 1. The number of rotatable bonds is 5. The van der Waals surface area contributed by atoms with Crippen LogP contribution < -0.4 is 19.8 Å². The van der Waals surface area contributed by atoms with E-state index in [1.165, 1.54) is 4.31 Å². The van der Waals surface area contributed by atoms with Crippen LogP contribution in [0, 0.1) is 0 Å².